The predicted molar refractivity (Wildman–Crippen MR) is 108 cm³/mol. The van der Waals surface area contributed by atoms with Gasteiger partial charge < -0.3 is 10.1 Å². The van der Waals surface area contributed by atoms with Gasteiger partial charge in [0.05, 0.1) is 11.1 Å². The fourth-order valence-electron chi connectivity index (χ4n) is 3.45. The first-order valence-electron chi connectivity index (χ1n) is 9.91. The van der Waals surface area contributed by atoms with Gasteiger partial charge in [0.2, 0.25) is 6.10 Å². The van der Waals surface area contributed by atoms with Gasteiger partial charge in [0.15, 0.2) is 0 Å². The van der Waals surface area contributed by atoms with E-state index < -0.39 is 35.8 Å². The molecule has 0 radical (unpaired) electrons. The summed E-state index contributed by atoms with van der Waals surface area (Å²) in [6.07, 6.45) is 0.636. The molecule has 154 valence electrons. The SMILES string of the molecule is Cc1ccc2c(c1)C(=O)N([C@@H](C)C(=O)O[C@@H](C(=O)NC1CC1)c1ccccc1)C2=O. The molecule has 0 unspecified atom stereocenters. The van der Waals surface area contributed by atoms with Crippen LogP contribution in [0.25, 0.3) is 0 Å². The van der Waals surface area contributed by atoms with E-state index >= 15 is 0 Å². The van der Waals surface area contributed by atoms with Crippen LogP contribution in [0.15, 0.2) is 48.5 Å². The molecule has 7 nitrogen and oxygen atoms in total. The number of rotatable bonds is 6. The zero-order valence-corrected chi connectivity index (χ0v) is 16.8. The number of amides is 3. The number of carbonyl (C=O) groups is 4. The van der Waals surface area contributed by atoms with Gasteiger partial charge in [0, 0.05) is 11.6 Å². The van der Waals surface area contributed by atoms with Crippen LogP contribution in [0.3, 0.4) is 0 Å². The van der Waals surface area contributed by atoms with E-state index in [0.717, 1.165) is 23.3 Å². The first kappa shape index (κ1) is 19.8. The maximum Gasteiger partial charge on any atom is 0.330 e. The van der Waals surface area contributed by atoms with Crippen molar-refractivity contribution in [2.45, 2.75) is 44.9 Å². The molecule has 4 rings (SSSR count). The molecular weight excluding hydrogens is 384 g/mol. The molecular formula is C23H22N2O5. The molecule has 1 saturated carbocycles. The highest BCUT2D eigenvalue weighted by atomic mass is 16.5. The van der Waals surface area contributed by atoms with E-state index in [4.69, 9.17) is 4.74 Å². The molecule has 0 saturated heterocycles. The number of esters is 1. The highest BCUT2D eigenvalue weighted by Crippen LogP contribution is 2.28. The topological polar surface area (TPSA) is 92.8 Å². The highest BCUT2D eigenvalue weighted by molar-refractivity contribution is 6.22. The lowest BCUT2D eigenvalue weighted by Crippen LogP contribution is -2.45. The Balaban J connectivity index is 1.54. The molecule has 2 aliphatic rings. The number of hydrogen-bond acceptors (Lipinski definition) is 5. The number of carbonyl (C=O) groups excluding carboxylic acids is 4. The summed E-state index contributed by atoms with van der Waals surface area (Å²) in [5.74, 6) is -2.32. The third-order valence-electron chi connectivity index (χ3n) is 5.30. The van der Waals surface area contributed by atoms with Crippen molar-refractivity contribution in [3.8, 4) is 0 Å². The summed E-state index contributed by atoms with van der Waals surface area (Å²) < 4.78 is 5.52. The second-order valence-corrected chi connectivity index (χ2v) is 7.72. The minimum Gasteiger partial charge on any atom is -0.446 e. The summed E-state index contributed by atoms with van der Waals surface area (Å²) in [6.45, 7) is 3.25. The molecule has 2 aromatic carbocycles. The average molecular weight is 406 g/mol. The fraction of sp³-hybridized carbons (Fsp3) is 0.304. The van der Waals surface area contributed by atoms with E-state index in [2.05, 4.69) is 5.32 Å². The van der Waals surface area contributed by atoms with Gasteiger partial charge in [0.1, 0.15) is 6.04 Å². The van der Waals surface area contributed by atoms with Crippen LogP contribution in [0.2, 0.25) is 0 Å². The van der Waals surface area contributed by atoms with Crippen molar-refractivity contribution in [2.75, 3.05) is 0 Å². The third-order valence-corrected chi connectivity index (χ3v) is 5.30. The Hall–Kier alpha value is -3.48. The van der Waals surface area contributed by atoms with E-state index in [9.17, 15) is 19.2 Å². The molecule has 3 amide bonds. The number of imide groups is 1. The van der Waals surface area contributed by atoms with Crippen LogP contribution in [0.1, 0.15) is 57.7 Å². The first-order valence-corrected chi connectivity index (χ1v) is 9.91. The van der Waals surface area contributed by atoms with Gasteiger partial charge in [-0.3, -0.25) is 19.3 Å². The standard InChI is InChI=1S/C23H22N2O5/c1-13-8-11-17-18(12-13)22(28)25(21(17)27)14(2)23(29)30-19(15-6-4-3-5-7-15)20(26)24-16-9-10-16/h3-8,11-12,14,16,19H,9-10H2,1-2H3,(H,24,26)/t14-,19+/m0/s1. The van der Waals surface area contributed by atoms with Gasteiger partial charge in [-0.2, -0.15) is 0 Å². The monoisotopic (exact) mass is 406 g/mol. The van der Waals surface area contributed by atoms with Crippen LogP contribution < -0.4 is 5.32 Å². The van der Waals surface area contributed by atoms with E-state index in [1.54, 1.807) is 48.5 Å². The van der Waals surface area contributed by atoms with E-state index in [1.807, 2.05) is 6.92 Å². The Kier molecular flexibility index (Phi) is 5.11. The zero-order valence-electron chi connectivity index (χ0n) is 16.8. The largest absolute Gasteiger partial charge is 0.446 e. The zero-order chi connectivity index (χ0) is 21.4. The summed E-state index contributed by atoms with van der Waals surface area (Å²) in [4.78, 5) is 52.0. The van der Waals surface area contributed by atoms with Gasteiger partial charge in [-0.25, -0.2) is 4.79 Å². The maximum atomic E-state index is 12.9. The molecule has 0 aromatic heterocycles. The van der Waals surface area contributed by atoms with Crippen LogP contribution in [0.4, 0.5) is 0 Å². The van der Waals surface area contributed by atoms with Gasteiger partial charge in [0.25, 0.3) is 17.7 Å². The summed E-state index contributed by atoms with van der Waals surface area (Å²) in [5.41, 5.74) is 1.89. The second-order valence-electron chi connectivity index (χ2n) is 7.72. The molecule has 2 aromatic rings. The highest BCUT2D eigenvalue weighted by Gasteiger charge is 2.42. The van der Waals surface area contributed by atoms with Crippen LogP contribution in [0, 0.1) is 6.92 Å². The van der Waals surface area contributed by atoms with Crippen LogP contribution >= 0.6 is 0 Å². The molecule has 1 aliphatic heterocycles. The number of aryl methyl sites for hydroxylation is 1. The Labute approximate surface area is 174 Å². The molecule has 30 heavy (non-hydrogen) atoms. The van der Waals surface area contributed by atoms with E-state index in [-0.39, 0.29) is 17.2 Å². The Morgan fingerprint density at radius 3 is 2.37 bits per heavy atom. The maximum absolute atomic E-state index is 12.9. The lowest BCUT2D eigenvalue weighted by molar-refractivity contribution is -0.159. The third kappa shape index (κ3) is 3.70. The lowest BCUT2D eigenvalue weighted by Gasteiger charge is -2.24. The Bertz CT molecular complexity index is 1030. The smallest absolute Gasteiger partial charge is 0.330 e. The lowest BCUT2D eigenvalue weighted by atomic mass is 10.1. The quantitative estimate of drug-likeness (QED) is 0.588. The van der Waals surface area contributed by atoms with Gasteiger partial charge in [-0.1, -0.05) is 42.0 Å². The normalized spacial score (nSPS) is 17.3. The molecule has 2 atom stereocenters. The van der Waals surface area contributed by atoms with Crippen molar-refractivity contribution in [2.24, 2.45) is 0 Å². The van der Waals surface area contributed by atoms with Crippen molar-refractivity contribution in [3.63, 3.8) is 0 Å². The van der Waals surface area contributed by atoms with E-state index in [0.29, 0.717) is 5.56 Å². The van der Waals surface area contributed by atoms with Crippen molar-refractivity contribution in [3.05, 3.63) is 70.8 Å². The number of ether oxygens (including phenoxy) is 1. The van der Waals surface area contributed by atoms with Crippen LogP contribution in [-0.2, 0) is 14.3 Å². The Morgan fingerprint density at radius 1 is 1.03 bits per heavy atom. The van der Waals surface area contributed by atoms with Crippen molar-refractivity contribution in [1.29, 1.82) is 0 Å². The summed E-state index contributed by atoms with van der Waals surface area (Å²) in [7, 11) is 0. The van der Waals surface area contributed by atoms with Crippen molar-refractivity contribution >= 4 is 23.7 Å². The molecule has 7 heteroatoms. The van der Waals surface area contributed by atoms with E-state index in [1.165, 1.54) is 6.92 Å². The van der Waals surface area contributed by atoms with Crippen LogP contribution in [-0.4, -0.2) is 40.7 Å². The summed E-state index contributed by atoms with van der Waals surface area (Å²) in [6, 6.07) is 12.6. The van der Waals surface area contributed by atoms with Crippen molar-refractivity contribution in [1.82, 2.24) is 10.2 Å². The number of nitrogens with one attached hydrogen (secondary N) is 1. The summed E-state index contributed by atoms with van der Waals surface area (Å²) >= 11 is 0. The predicted octanol–water partition coefficient (Wildman–Crippen LogP) is 2.54. The number of fused-ring (bicyclic) bond motifs is 1. The van der Waals surface area contributed by atoms with Gasteiger partial charge in [-0.15, -0.1) is 0 Å². The van der Waals surface area contributed by atoms with Gasteiger partial charge >= 0.3 is 5.97 Å². The number of benzene rings is 2. The second kappa shape index (κ2) is 7.74. The summed E-state index contributed by atoms with van der Waals surface area (Å²) in [5, 5.41) is 2.84. The molecule has 1 heterocycles. The number of nitrogens with zero attached hydrogens (tertiary/aromatic N) is 1. The minimum atomic E-state index is -1.17. The molecule has 1 fully saturated rings. The minimum absolute atomic E-state index is 0.0966. The average Bonchev–Trinajstić information content (AvgIpc) is 3.51. The fourth-order valence-corrected chi connectivity index (χ4v) is 3.45. The van der Waals surface area contributed by atoms with Crippen LogP contribution in [0.5, 0.6) is 0 Å². The van der Waals surface area contributed by atoms with Gasteiger partial charge in [-0.05, 0) is 38.8 Å². The molecule has 1 aliphatic carbocycles. The molecule has 1 N–H and O–H groups in total. The Morgan fingerprint density at radius 2 is 1.70 bits per heavy atom. The van der Waals surface area contributed by atoms with Crippen molar-refractivity contribution < 1.29 is 23.9 Å². The molecule has 0 spiro atoms. The first-order chi connectivity index (χ1) is 14.4. The molecule has 0 bridgehead atoms. The number of hydrogen-bond donors (Lipinski definition) is 1.